The summed E-state index contributed by atoms with van der Waals surface area (Å²) in [4.78, 5) is 0. The Bertz CT molecular complexity index is 325. The van der Waals surface area contributed by atoms with Gasteiger partial charge in [0.1, 0.15) is 0 Å². The molecule has 0 nitrogen and oxygen atoms in total. The molecule has 27 heavy (non-hydrogen) atoms. The average Bonchev–Trinajstić information content (AvgIpc) is 2.77. The minimum absolute atomic E-state index is 0.617. The van der Waals surface area contributed by atoms with E-state index in [1.165, 1.54) is 18.8 Å². The average molecular weight is 496 g/mol. The molecule has 0 aliphatic heterocycles. The Morgan fingerprint density at radius 1 is 0.333 bits per heavy atom. The molecule has 0 aromatic heterocycles. The van der Waals surface area contributed by atoms with Crippen LogP contribution in [0.25, 0.3) is 0 Å². The second kappa shape index (κ2) is 11.5. The quantitative estimate of drug-likeness (QED) is 0.322. The van der Waals surface area contributed by atoms with Crippen LogP contribution in [0, 0.1) is 0 Å². The first-order valence-corrected chi connectivity index (χ1v) is 19.9. The predicted molar refractivity (Wildman–Crippen MR) is 124 cm³/mol. The third-order valence-corrected chi connectivity index (χ3v) is 29.2. The Morgan fingerprint density at radius 2 is 0.556 bits per heavy atom. The van der Waals surface area contributed by atoms with E-state index < -0.39 is 29.3 Å². The first kappa shape index (κ1) is 21.4. The third kappa shape index (κ3) is 6.06. The van der Waals surface area contributed by atoms with Crippen molar-refractivity contribution in [2.45, 2.75) is 151 Å². The second-order valence-corrected chi connectivity index (χ2v) is 24.5. The molecule has 4 fully saturated rings. The van der Waals surface area contributed by atoms with Gasteiger partial charge in [0.05, 0.1) is 0 Å². The van der Waals surface area contributed by atoms with E-state index in [9.17, 15) is 0 Å². The van der Waals surface area contributed by atoms with Crippen molar-refractivity contribution in [2.75, 3.05) is 0 Å². The van der Waals surface area contributed by atoms with Crippen molar-refractivity contribution in [3.8, 4) is 0 Å². The Balaban J connectivity index is 1.49. The number of rotatable bonds is 6. The van der Waals surface area contributed by atoms with Gasteiger partial charge in [0.15, 0.2) is 0 Å². The van der Waals surface area contributed by atoms with Crippen LogP contribution in [0.5, 0.6) is 0 Å². The molecule has 0 radical (unpaired) electrons. The van der Waals surface area contributed by atoms with E-state index in [1.54, 1.807) is 128 Å². The molecule has 0 aromatic carbocycles. The number of hydrogen-bond donors (Lipinski definition) is 0. The Morgan fingerprint density at radius 3 is 0.778 bits per heavy atom. The first-order valence-electron chi connectivity index (χ1n) is 12.9. The molecule has 2 heteroatoms. The normalized spacial score (nSPS) is 28.2. The van der Waals surface area contributed by atoms with Crippen LogP contribution in [-0.4, -0.2) is 29.3 Å². The van der Waals surface area contributed by atoms with Gasteiger partial charge in [0.2, 0.25) is 0 Å². The molecule has 4 aliphatic rings. The Labute approximate surface area is 179 Å². The summed E-state index contributed by atoms with van der Waals surface area (Å²) in [5, 5.41) is 0. The zero-order chi connectivity index (χ0) is 18.3. The summed E-state index contributed by atoms with van der Waals surface area (Å²) in [6.07, 6.45) is 32.5. The van der Waals surface area contributed by atoms with Crippen molar-refractivity contribution in [1.82, 2.24) is 0 Å². The molecular formula is C25H46As2. The summed E-state index contributed by atoms with van der Waals surface area (Å²) >= 11 is -1.23. The predicted octanol–water partition coefficient (Wildman–Crippen LogP) is 8.85. The van der Waals surface area contributed by atoms with Crippen molar-refractivity contribution in [2.24, 2.45) is 0 Å². The van der Waals surface area contributed by atoms with Gasteiger partial charge >= 0.3 is 181 Å². The monoisotopic (exact) mass is 496 g/mol. The molecule has 4 saturated carbocycles. The first-order chi connectivity index (χ1) is 13.4. The van der Waals surface area contributed by atoms with Crippen molar-refractivity contribution in [3.05, 3.63) is 0 Å². The van der Waals surface area contributed by atoms with Crippen molar-refractivity contribution >= 4 is 29.3 Å². The van der Waals surface area contributed by atoms with E-state index in [4.69, 9.17) is 0 Å². The van der Waals surface area contributed by atoms with Gasteiger partial charge in [-0.1, -0.05) is 0 Å². The van der Waals surface area contributed by atoms with Gasteiger partial charge in [-0.2, -0.15) is 0 Å². The fraction of sp³-hybridized carbons (Fsp3) is 1.00. The molecule has 0 spiro atoms. The summed E-state index contributed by atoms with van der Waals surface area (Å²) in [5.74, 6) is 0. The van der Waals surface area contributed by atoms with Crippen LogP contribution in [0.15, 0.2) is 0 Å². The van der Waals surface area contributed by atoms with E-state index in [2.05, 4.69) is 0 Å². The summed E-state index contributed by atoms with van der Waals surface area (Å²) in [7, 11) is 0. The molecule has 0 amide bonds. The van der Waals surface area contributed by atoms with Crippen LogP contribution in [0.4, 0.5) is 0 Å². The van der Waals surface area contributed by atoms with Crippen LogP contribution < -0.4 is 0 Å². The van der Waals surface area contributed by atoms with E-state index in [1.807, 2.05) is 4.00 Å². The SMILES string of the molecule is C1CCC([As](C[As](C2CCCCC2)C2CCCCC2)C2CCCCC2)CC1. The summed E-state index contributed by atoms with van der Waals surface area (Å²) < 4.78 is 7.11. The van der Waals surface area contributed by atoms with E-state index in [0.717, 1.165) is 0 Å². The molecule has 4 aliphatic carbocycles. The maximum absolute atomic E-state index is 1.95. The van der Waals surface area contributed by atoms with Gasteiger partial charge in [0.25, 0.3) is 0 Å². The molecule has 0 bridgehead atoms. The molecule has 0 aromatic rings. The summed E-state index contributed by atoms with van der Waals surface area (Å²) in [6.45, 7) is 0. The van der Waals surface area contributed by atoms with Crippen LogP contribution in [0.3, 0.4) is 0 Å². The van der Waals surface area contributed by atoms with Crippen LogP contribution >= 0.6 is 0 Å². The zero-order valence-electron chi connectivity index (χ0n) is 18.1. The topological polar surface area (TPSA) is 0 Å². The summed E-state index contributed by atoms with van der Waals surface area (Å²) in [6, 6.07) is 0. The molecule has 4 rings (SSSR count). The van der Waals surface area contributed by atoms with Crippen LogP contribution in [0.2, 0.25) is 22.8 Å². The number of hydrogen-bond acceptors (Lipinski definition) is 0. The van der Waals surface area contributed by atoms with Crippen molar-refractivity contribution in [1.29, 1.82) is 0 Å². The molecule has 0 unspecified atom stereocenters. The summed E-state index contributed by atoms with van der Waals surface area (Å²) in [5.41, 5.74) is 0. The van der Waals surface area contributed by atoms with Crippen molar-refractivity contribution in [3.63, 3.8) is 0 Å². The van der Waals surface area contributed by atoms with Gasteiger partial charge in [-0.25, -0.2) is 0 Å². The van der Waals surface area contributed by atoms with E-state index in [-0.39, 0.29) is 0 Å². The zero-order valence-corrected chi connectivity index (χ0v) is 21.8. The molecular weight excluding hydrogens is 450 g/mol. The Hall–Kier alpha value is 1.12. The fourth-order valence-electron chi connectivity index (χ4n) is 6.90. The molecule has 0 N–H and O–H groups in total. The second-order valence-electron chi connectivity index (χ2n) is 10.3. The van der Waals surface area contributed by atoms with Crippen LogP contribution in [0.1, 0.15) is 128 Å². The van der Waals surface area contributed by atoms with E-state index in [0.29, 0.717) is 0 Å². The maximum atomic E-state index is 1.95. The third-order valence-electron chi connectivity index (χ3n) is 8.50. The van der Waals surface area contributed by atoms with E-state index >= 15 is 0 Å². The van der Waals surface area contributed by atoms with Crippen molar-refractivity contribution < 1.29 is 0 Å². The minimum atomic E-state index is -0.617. The fourth-order valence-corrected chi connectivity index (χ4v) is 34.9. The molecule has 0 atom stereocenters. The molecule has 0 heterocycles. The van der Waals surface area contributed by atoms with Gasteiger partial charge in [0, 0.05) is 0 Å². The van der Waals surface area contributed by atoms with Gasteiger partial charge in [-0.05, 0) is 0 Å². The van der Waals surface area contributed by atoms with Gasteiger partial charge in [-0.15, -0.1) is 0 Å². The Kier molecular flexibility index (Phi) is 9.09. The van der Waals surface area contributed by atoms with Gasteiger partial charge in [-0.3, -0.25) is 0 Å². The van der Waals surface area contributed by atoms with Crippen LogP contribution in [-0.2, 0) is 0 Å². The van der Waals surface area contributed by atoms with Gasteiger partial charge < -0.3 is 0 Å². The molecule has 0 saturated heterocycles. The molecule has 156 valence electrons. The standard InChI is InChI=1S/C25H46As2/c1-5-13-22(14-6-1)26(23-15-7-2-8-16-23)21-27(24-17-9-3-10-18-24)25-19-11-4-12-20-25/h22-25H,1-21H2.